The van der Waals surface area contributed by atoms with E-state index >= 15 is 8.78 Å². The molecule has 7 rings (SSSR count). The lowest BCUT2D eigenvalue weighted by molar-refractivity contribution is -0.347. The Hall–Kier alpha value is -2.00. The average molecular weight is 512 g/mol. The lowest BCUT2D eigenvalue weighted by atomic mass is 9.51. The van der Waals surface area contributed by atoms with Crippen LogP contribution in [0.5, 0.6) is 0 Å². The molecular formula is C29H35F2N3O3. The minimum Gasteiger partial charge on any atom is -0.389 e. The first-order valence-corrected chi connectivity index (χ1v) is 13.5. The predicted molar refractivity (Wildman–Crippen MR) is 135 cm³/mol. The van der Waals surface area contributed by atoms with E-state index in [1.54, 1.807) is 6.20 Å². The van der Waals surface area contributed by atoms with Crippen LogP contribution in [0, 0.1) is 11.3 Å². The van der Waals surface area contributed by atoms with E-state index in [1.165, 1.54) is 5.57 Å². The maximum absolute atomic E-state index is 17.2. The lowest BCUT2D eigenvalue weighted by Crippen LogP contribution is -2.78. The Bertz CT molecular complexity index is 1320. The van der Waals surface area contributed by atoms with Crippen molar-refractivity contribution in [1.29, 1.82) is 0 Å². The smallest absolute Gasteiger partial charge is 0.171 e. The zero-order valence-electron chi connectivity index (χ0n) is 21.6. The SMILES string of the molecule is CN(C)[C@H]1C[C@@]23CC[C@]4(O2)C2CC=C(c5ccc6nnccc6c5)[C@@]2(C)CCC4(F)CC3(F)[C@@H](O)[C@@H]1O. The summed E-state index contributed by atoms with van der Waals surface area (Å²) in [4.78, 5) is 1.82. The molecule has 2 aromatic rings. The summed E-state index contributed by atoms with van der Waals surface area (Å²) in [5, 5.41) is 31.1. The quantitative estimate of drug-likeness (QED) is 0.635. The number of fused-ring (bicyclic) bond motifs is 2. The Labute approximate surface area is 215 Å². The Balaban J connectivity index is 1.29. The molecule has 8 heteroatoms. The van der Waals surface area contributed by atoms with Gasteiger partial charge < -0.3 is 19.8 Å². The number of nitrogens with zero attached hydrogens (tertiary/aromatic N) is 3. The van der Waals surface area contributed by atoms with E-state index in [9.17, 15) is 10.2 Å². The molecule has 3 aliphatic carbocycles. The second-order valence-corrected chi connectivity index (χ2v) is 12.8. The molecule has 6 nitrogen and oxygen atoms in total. The Morgan fingerprint density at radius 1 is 1.08 bits per heavy atom. The molecule has 2 saturated carbocycles. The summed E-state index contributed by atoms with van der Waals surface area (Å²) < 4.78 is 40.9. The summed E-state index contributed by atoms with van der Waals surface area (Å²) in [6.45, 7) is 2.22. The second-order valence-electron chi connectivity index (χ2n) is 12.8. The first-order chi connectivity index (χ1) is 17.5. The number of hydrogen-bond acceptors (Lipinski definition) is 6. The molecular weight excluding hydrogens is 476 g/mol. The molecule has 0 radical (unpaired) electrons. The van der Waals surface area contributed by atoms with Crippen LogP contribution in [0.1, 0.15) is 57.4 Å². The minimum atomic E-state index is -2.32. The van der Waals surface area contributed by atoms with Crippen LogP contribution >= 0.6 is 0 Å². The Kier molecular flexibility index (Phi) is 4.78. The average Bonchev–Trinajstić information content (AvgIpc) is 3.42. The largest absolute Gasteiger partial charge is 0.389 e. The van der Waals surface area contributed by atoms with Gasteiger partial charge in [-0.3, -0.25) is 0 Å². The summed E-state index contributed by atoms with van der Waals surface area (Å²) in [5.41, 5.74) is -3.85. The Morgan fingerprint density at radius 3 is 2.68 bits per heavy atom. The second kappa shape index (κ2) is 7.34. The molecule has 2 saturated heterocycles. The molecule has 2 spiro atoms. The third-order valence-electron chi connectivity index (χ3n) is 11.1. The molecule has 3 unspecified atom stereocenters. The van der Waals surface area contributed by atoms with Crippen LogP contribution in [0.4, 0.5) is 8.78 Å². The normalized spacial score (nSPS) is 48.5. The van der Waals surface area contributed by atoms with Gasteiger partial charge in [0.2, 0.25) is 0 Å². The minimum absolute atomic E-state index is 0.134. The van der Waals surface area contributed by atoms with E-state index in [1.807, 2.05) is 31.1 Å². The van der Waals surface area contributed by atoms with Crippen LogP contribution < -0.4 is 0 Å². The number of aliphatic hydroxyl groups is 2. The first-order valence-electron chi connectivity index (χ1n) is 13.5. The van der Waals surface area contributed by atoms with Crippen LogP contribution in [0.2, 0.25) is 0 Å². The van der Waals surface area contributed by atoms with Gasteiger partial charge in [0.25, 0.3) is 0 Å². The first kappa shape index (κ1) is 24.1. The summed E-state index contributed by atoms with van der Waals surface area (Å²) in [6, 6.07) is 7.66. The molecule has 37 heavy (non-hydrogen) atoms. The van der Waals surface area contributed by atoms with E-state index in [-0.39, 0.29) is 24.2 Å². The fraction of sp³-hybridized carbons (Fsp3) is 0.655. The van der Waals surface area contributed by atoms with Gasteiger partial charge in [-0.25, -0.2) is 8.78 Å². The molecule has 2 bridgehead atoms. The van der Waals surface area contributed by atoms with Crippen LogP contribution in [-0.2, 0) is 4.74 Å². The number of ether oxygens (including phenoxy) is 1. The molecule has 2 N–H and O–H groups in total. The number of likely N-dealkylation sites (N-methyl/N-ethyl adjacent to an activating group) is 1. The molecule has 0 amide bonds. The maximum Gasteiger partial charge on any atom is 0.171 e. The van der Waals surface area contributed by atoms with Gasteiger partial charge in [0.05, 0.1) is 17.8 Å². The van der Waals surface area contributed by atoms with Gasteiger partial charge >= 0.3 is 0 Å². The van der Waals surface area contributed by atoms with Gasteiger partial charge in [-0.2, -0.15) is 10.2 Å². The highest BCUT2D eigenvalue weighted by Crippen LogP contribution is 2.74. The van der Waals surface area contributed by atoms with Crippen LogP contribution in [-0.4, -0.2) is 80.2 Å². The number of rotatable bonds is 2. The number of hydrogen-bond donors (Lipinski definition) is 2. The molecule has 1 aromatic carbocycles. The highest BCUT2D eigenvalue weighted by molar-refractivity contribution is 5.84. The monoisotopic (exact) mass is 511 g/mol. The molecule has 5 aliphatic rings. The van der Waals surface area contributed by atoms with Crippen LogP contribution in [0.15, 0.2) is 36.5 Å². The van der Waals surface area contributed by atoms with Crippen molar-refractivity contribution in [2.75, 3.05) is 14.1 Å². The molecule has 2 aliphatic heterocycles. The topological polar surface area (TPSA) is 78.7 Å². The van der Waals surface area contributed by atoms with Crippen molar-refractivity contribution in [2.24, 2.45) is 11.3 Å². The zero-order valence-corrected chi connectivity index (χ0v) is 21.6. The van der Waals surface area contributed by atoms with Crippen molar-refractivity contribution in [3.8, 4) is 0 Å². The number of alkyl halides is 2. The molecule has 1 aromatic heterocycles. The zero-order chi connectivity index (χ0) is 26.0. The number of aromatic nitrogens is 2. The van der Waals surface area contributed by atoms with Gasteiger partial charge in [0.15, 0.2) is 5.67 Å². The van der Waals surface area contributed by atoms with Crippen LogP contribution in [0.3, 0.4) is 0 Å². The number of halogens is 2. The van der Waals surface area contributed by atoms with Crippen molar-refractivity contribution in [2.45, 2.75) is 92.7 Å². The van der Waals surface area contributed by atoms with Crippen molar-refractivity contribution in [3.05, 3.63) is 42.1 Å². The highest BCUT2D eigenvalue weighted by atomic mass is 19.2. The number of allylic oxidation sites excluding steroid dienone is 2. The van der Waals surface area contributed by atoms with E-state index < -0.39 is 47.2 Å². The molecule has 3 heterocycles. The van der Waals surface area contributed by atoms with E-state index in [2.05, 4.69) is 35.3 Å². The third-order valence-corrected chi connectivity index (χ3v) is 11.1. The molecule has 9 atom stereocenters. The summed E-state index contributed by atoms with van der Waals surface area (Å²) in [5.74, 6) is -0.134. The maximum atomic E-state index is 17.2. The number of benzene rings is 1. The van der Waals surface area contributed by atoms with Crippen molar-refractivity contribution >= 4 is 16.5 Å². The van der Waals surface area contributed by atoms with E-state index in [4.69, 9.17) is 4.74 Å². The predicted octanol–water partition coefficient (Wildman–Crippen LogP) is 4.00. The molecule has 4 fully saturated rings. The summed E-state index contributed by atoms with van der Waals surface area (Å²) in [7, 11) is 3.63. The van der Waals surface area contributed by atoms with E-state index in [0.717, 1.165) is 16.5 Å². The van der Waals surface area contributed by atoms with Crippen LogP contribution in [0.25, 0.3) is 16.5 Å². The van der Waals surface area contributed by atoms with Crippen molar-refractivity contribution in [1.82, 2.24) is 15.1 Å². The summed E-state index contributed by atoms with van der Waals surface area (Å²) in [6.07, 6.45) is 2.92. The number of aliphatic hydroxyl groups excluding tert-OH is 2. The molecule has 198 valence electrons. The summed E-state index contributed by atoms with van der Waals surface area (Å²) >= 11 is 0. The highest BCUT2D eigenvalue weighted by Gasteiger charge is 2.82. The van der Waals surface area contributed by atoms with Gasteiger partial charge in [0, 0.05) is 23.8 Å². The lowest BCUT2D eigenvalue weighted by Gasteiger charge is -2.65. The van der Waals surface area contributed by atoms with E-state index in [0.29, 0.717) is 25.7 Å². The fourth-order valence-electron chi connectivity index (χ4n) is 9.13. The van der Waals surface area contributed by atoms with Crippen molar-refractivity contribution < 1.29 is 23.7 Å². The Morgan fingerprint density at radius 2 is 1.89 bits per heavy atom. The van der Waals surface area contributed by atoms with Gasteiger partial charge in [0.1, 0.15) is 23.0 Å². The third kappa shape index (κ3) is 2.78. The van der Waals surface area contributed by atoms with Crippen molar-refractivity contribution in [3.63, 3.8) is 0 Å². The van der Waals surface area contributed by atoms with Gasteiger partial charge in [-0.1, -0.05) is 19.1 Å². The fourth-order valence-corrected chi connectivity index (χ4v) is 9.13. The van der Waals surface area contributed by atoms with Gasteiger partial charge in [-0.15, -0.1) is 0 Å². The van der Waals surface area contributed by atoms with Gasteiger partial charge in [-0.05, 0) is 87.4 Å². The standard InChI is InChI=1S/C29H35F2N3O3/c1-25-9-10-26(30)16-28(31)24(36)23(35)21(34(2)3)15-27(28)11-12-29(26,37-27)22(25)7-5-19(25)17-4-6-20-18(14-17)8-13-32-33-20/h4-6,8,13-14,21-24,35-36H,7,9-12,15-16H2,1-3H3/t21-,22?,23+,24-,25+,26?,27+,28?,29-/m0/s1.